The van der Waals surface area contributed by atoms with Crippen molar-refractivity contribution in [3.8, 4) is 0 Å². The topological polar surface area (TPSA) is 35.6 Å². The minimum absolute atomic E-state index is 0.0714. The van der Waals surface area contributed by atoms with Crippen LogP contribution in [0.2, 0.25) is 0 Å². The van der Waals surface area contributed by atoms with Gasteiger partial charge in [0.2, 0.25) is 0 Å². The van der Waals surface area contributed by atoms with E-state index < -0.39 is 17.5 Å². The number of carbonyl (C=O) groups excluding carboxylic acids is 1. The Morgan fingerprint density at radius 3 is 2.28 bits per heavy atom. The van der Waals surface area contributed by atoms with Gasteiger partial charge in [-0.05, 0) is 79.6 Å². The molecule has 0 aromatic heterocycles. The fourth-order valence-electron chi connectivity index (χ4n) is 5.79. The highest BCUT2D eigenvalue weighted by molar-refractivity contribution is 6.04. The molecule has 2 aliphatic rings. The summed E-state index contributed by atoms with van der Waals surface area (Å²) in [7, 11) is 0. The second kappa shape index (κ2) is 10.4. The number of anilines is 2. The number of para-hydroxylation sites is 1. The Morgan fingerprint density at radius 2 is 1.58 bits per heavy atom. The number of nitrogens with zero attached hydrogens (tertiary/aromatic N) is 2. The molecule has 1 heterocycles. The Labute approximate surface area is 211 Å². The van der Waals surface area contributed by atoms with Crippen LogP contribution in [0.25, 0.3) is 0 Å². The van der Waals surface area contributed by atoms with Gasteiger partial charge in [0.1, 0.15) is 0 Å². The van der Waals surface area contributed by atoms with E-state index in [1.54, 1.807) is 0 Å². The third-order valence-corrected chi connectivity index (χ3v) is 7.95. The lowest BCUT2D eigenvalue weighted by molar-refractivity contribution is 0.0299. The molecule has 5 rings (SSSR count). The van der Waals surface area contributed by atoms with Gasteiger partial charge in [0, 0.05) is 48.7 Å². The van der Waals surface area contributed by atoms with Gasteiger partial charge in [-0.15, -0.1) is 0 Å². The highest BCUT2D eigenvalue weighted by atomic mass is 19.2. The second-order valence-electron chi connectivity index (χ2n) is 10.2. The van der Waals surface area contributed by atoms with Crippen molar-refractivity contribution in [1.29, 1.82) is 0 Å². The van der Waals surface area contributed by atoms with Gasteiger partial charge in [0.25, 0.3) is 5.91 Å². The van der Waals surface area contributed by atoms with Crippen LogP contribution in [0.1, 0.15) is 48.5 Å². The highest BCUT2D eigenvalue weighted by Crippen LogP contribution is 2.45. The molecule has 3 aromatic carbocycles. The molecule has 1 aliphatic heterocycles. The predicted octanol–water partition coefficient (Wildman–Crippen LogP) is 6.44. The first kappa shape index (κ1) is 24.4. The molecule has 0 bridgehead atoms. The molecule has 0 radical (unpaired) electrons. The van der Waals surface area contributed by atoms with E-state index in [2.05, 4.69) is 64.5 Å². The summed E-state index contributed by atoms with van der Waals surface area (Å²) < 4.78 is 26.9. The smallest absolute Gasteiger partial charge is 0.255 e. The zero-order chi connectivity index (χ0) is 25.1. The molecule has 2 fully saturated rings. The molecule has 0 spiro atoms. The van der Waals surface area contributed by atoms with E-state index in [0.29, 0.717) is 11.6 Å². The zero-order valence-electron chi connectivity index (χ0n) is 20.7. The van der Waals surface area contributed by atoms with Gasteiger partial charge >= 0.3 is 0 Å². The van der Waals surface area contributed by atoms with Crippen molar-refractivity contribution in [2.24, 2.45) is 5.92 Å². The first-order chi connectivity index (χ1) is 17.4. The van der Waals surface area contributed by atoms with Crippen molar-refractivity contribution >= 4 is 17.3 Å². The van der Waals surface area contributed by atoms with E-state index >= 15 is 0 Å². The largest absolute Gasteiger partial charge is 0.369 e. The lowest BCUT2D eigenvalue weighted by Crippen LogP contribution is -2.56. The molecule has 3 aromatic rings. The number of hydrogen-bond donors (Lipinski definition) is 1. The summed E-state index contributed by atoms with van der Waals surface area (Å²) >= 11 is 0. The molecule has 6 heteroatoms. The number of rotatable bonds is 5. The van der Waals surface area contributed by atoms with Crippen LogP contribution in [0.15, 0.2) is 72.8 Å². The average molecular weight is 490 g/mol. The van der Waals surface area contributed by atoms with E-state index in [-0.39, 0.29) is 11.1 Å². The minimum atomic E-state index is -1.03. The third-order valence-electron chi connectivity index (χ3n) is 7.95. The van der Waals surface area contributed by atoms with Gasteiger partial charge < -0.3 is 10.2 Å². The Hall–Kier alpha value is -3.25. The van der Waals surface area contributed by atoms with Gasteiger partial charge in [-0.1, -0.05) is 37.3 Å². The Kier molecular flexibility index (Phi) is 7.06. The first-order valence-electron chi connectivity index (χ1n) is 12.9. The number of amides is 1. The van der Waals surface area contributed by atoms with Crippen molar-refractivity contribution in [3.63, 3.8) is 0 Å². The van der Waals surface area contributed by atoms with Crippen molar-refractivity contribution < 1.29 is 13.6 Å². The normalized spacial score (nSPS) is 22.9. The van der Waals surface area contributed by atoms with E-state index in [9.17, 15) is 13.6 Å². The Bertz CT molecular complexity index is 1200. The lowest BCUT2D eigenvalue weighted by atomic mass is 9.71. The molecule has 36 heavy (non-hydrogen) atoms. The van der Waals surface area contributed by atoms with E-state index in [1.807, 2.05) is 12.1 Å². The average Bonchev–Trinajstić information content (AvgIpc) is 2.91. The lowest BCUT2D eigenvalue weighted by Gasteiger charge is -2.51. The maximum absolute atomic E-state index is 13.6. The molecular weight excluding hydrogens is 456 g/mol. The van der Waals surface area contributed by atoms with Crippen molar-refractivity contribution in [2.75, 3.05) is 36.4 Å². The van der Waals surface area contributed by atoms with Crippen molar-refractivity contribution in [2.45, 2.75) is 38.1 Å². The summed E-state index contributed by atoms with van der Waals surface area (Å²) in [6, 6.07) is 21.9. The minimum Gasteiger partial charge on any atom is -0.369 e. The van der Waals surface area contributed by atoms with Crippen LogP contribution in [0.4, 0.5) is 20.2 Å². The number of benzene rings is 3. The zero-order valence-corrected chi connectivity index (χ0v) is 20.7. The summed E-state index contributed by atoms with van der Waals surface area (Å²) in [6.45, 7) is 6.25. The van der Waals surface area contributed by atoms with Gasteiger partial charge in [-0.25, -0.2) is 8.78 Å². The van der Waals surface area contributed by atoms with Gasteiger partial charge in [0.15, 0.2) is 11.6 Å². The maximum atomic E-state index is 13.6. The Balaban J connectivity index is 1.37. The van der Waals surface area contributed by atoms with Crippen LogP contribution in [-0.2, 0) is 5.54 Å². The van der Waals surface area contributed by atoms with E-state index in [1.165, 1.54) is 30.2 Å². The van der Waals surface area contributed by atoms with Gasteiger partial charge in [-0.2, -0.15) is 0 Å². The van der Waals surface area contributed by atoms with Crippen LogP contribution in [0.5, 0.6) is 0 Å². The monoisotopic (exact) mass is 489 g/mol. The summed E-state index contributed by atoms with van der Waals surface area (Å²) in [4.78, 5) is 17.8. The number of hydrogen-bond acceptors (Lipinski definition) is 3. The van der Waals surface area contributed by atoms with Crippen molar-refractivity contribution in [1.82, 2.24) is 4.90 Å². The molecule has 1 N–H and O–H groups in total. The second-order valence-corrected chi connectivity index (χ2v) is 10.2. The summed E-state index contributed by atoms with van der Waals surface area (Å²) in [6.07, 6.45) is 4.51. The van der Waals surface area contributed by atoms with Gasteiger partial charge in [-0.3, -0.25) is 9.69 Å². The summed E-state index contributed by atoms with van der Waals surface area (Å²) in [5.41, 5.74) is 3.18. The molecule has 1 amide bonds. The number of halogens is 2. The molecule has 1 aliphatic carbocycles. The molecule has 0 unspecified atom stereocenters. The highest BCUT2D eigenvalue weighted by Gasteiger charge is 2.42. The fourth-order valence-corrected chi connectivity index (χ4v) is 5.79. The van der Waals surface area contributed by atoms with E-state index in [4.69, 9.17) is 0 Å². The Morgan fingerprint density at radius 1 is 0.861 bits per heavy atom. The number of nitrogens with one attached hydrogen (secondary N) is 1. The molecule has 4 nitrogen and oxygen atoms in total. The number of carbonyl (C=O) groups is 1. The van der Waals surface area contributed by atoms with E-state index in [0.717, 1.165) is 51.2 Å². The number of piperazine rings is 1. The molecule has 0 atom stereocenters. The molecular formula is C30H33F2N3O. The van der Waals surface area contributed by atoms with Crippen LogP contribution in [-0.4, -0.2) is 37.0 Å². The maximum Gasteiger partial charge on any atom is 0.255 e. The molecule has 188 valence electrons. The summed E-state index contributed by atoms with van der Waals surface area (Å²) in [5, 5.41) is 2.89. The van der Waals surface area contributed by atoms with Crippen molar-refractivity contribution in [3.05, 3.63) is 95.6 Å². The van der Waals surface area contributed by atoms with Crippen LogP contribution < -0.4 is 10.2 Å². The molecule has 1 saturated heterocycles. The van der Waals surface area contributed by atoms with Crippen LogP contribution in [0, 0.1) is 17.6 Å². The fraction of sp³-hybridized carbons (Fsp3) is 0.367. The molecule has 1 saturated carbocycles. The van der Waals surface area contributed by atoms with Crippen LogP contribution >= 0.6 is 0 Å². The SMILES string of the molecule is C[C@H]1CC[C@](c2cccc(NC(=O)c3ccc(F)c(F)c3)c2)(N2CCN(c3ccccc3)CC2)CC1. The van der Waals surface area contributed by atoms with Gasteiger partial charge in [0.05, 0.1) is 0 Å². The predicted molar refractivity (Wildman–Crippen MR) is 140 cm³/mol. The first-order valence-corrected chi connectivity index (χ1v) is 12.9. The third kappa shape index (κ3) is 5.00. The quantitative estimate of drug-likeness (QED) is 0.448. The van der Waals surface area contributed by atoms with Crippen LogP contribution in [0.3, 0.4) is 0 Å². The standard InChI is InChI=1S/C30H33F2N3O/c1-22-12-14-30(15-13-22,35-18-16-34(17-19-35)26-8-3-2-4-9-26)24-6-5-7-25(21-24)33-29(36)23-10-11-27(31)28(32)20-23/h2-11,20-22H,12-19H2,1H3,(H,33,36)/t22-,30-. The summed E-state index contributed by atoms with van der Waals surface area (Å²) in [5.74, 6) is -1.73.